The quantitative estimate of drug-likeness (QED) is 0.852. The highest BCUT2D eigenvalue weighted by molar-refractivity contribution is 7.09. The fourth-order valence-corrected chi connectivity index (χ4v) is 3.28. The lowest BCUT2D eigenvalue weighted by Crippen LogP contribution is -2.33. The van der Waals surface area contributed by atoms with Crippen molar-refractivity contribution < 1.29 is 0 Å². The Balaban J connectivity index is 1.88. The maximum absolute atomic E-state index is 4.58. The van der Waals surface area contributed by atoms with Gasteiger partial charge in [-0.1, -0.05) is 13.3 Å². The number of thiazole rings is 1. The van der Waals surface area contributed by atoms with Gasteiger partial charge in [0.25, 0.3) is 0 Å². The van der Waals surface area contributed by atoms with Gasteiger partial charge in [0.1, 0.15) is 0 Å². The topological polar surface area (TPSA) is 24.9 Å². The van der Waals surface area contributed by atoms with E-state index in [9.17, 15) is 0 Å². The molecule has 3 heteroatoms. The first-order valence-corrected chi connectivity index (χ1v) is 7.32. The molecule has 90 valence electrons. The molecule has 0 saturated heterocycles. The molecule has 2 unspecified atom stereocenters. The van der Waals surface area contributed by atoms with Crippen LogP contribution < -0.4 is 5.32 Å². The number of hydrogen-bond donors (Lipinski definition) is 1. The van der Waals surface area contributed by atoms with Gasteiger partial charge in [0.2, 0.25) is 0 Å². The first kappa shape index (κ1) is 12.1. The summed E-state index contributed by atoms with van der Waals surface area (Å²) in [5.41, 5.74) is 1.30. The highest BCUT2D eigenvalue weighted by atomic mass is 32.1. The molecule has 0 aliphatic heterocycles. The SMILES string of the molecule is CCCNC1CCCC1Cc1csc(C)n1. The first-order valence-electron chi connectivity index (χ1n) is 6.44. The van der Waals surface area contributed by atoms with Gasteiger partial charge in [-0.3, -0.25) is 0 Å². The van der Waals surface area contributed by atoms with Crippen LogP contribution in [0.4, 0.5) is 0 Å². The van der Waals surface area contributed by atoms with E-state index in [0.717, 1.165) is 18.5 Å². The molecular formula is C13H22N2S. The van der Waals surface area contributed by atoms with Crippen LogP contribution in [0, 0.1) is 12.8 Å². The molecule has 0 radical (unpaired) electrons. The maximum Gasteiger partial charge on any atom is 0.0897 e. The summed E-state index contributed by atoms with van der Waals surface area (Å²) in [6, 6.07) is 0.738. The van der Waals surface area contributed by atoms with E-state index in [2.05, 4.69) is 29.5 Å². The van der Waals surface area contributed by atoms with Crippen molar-refractivity contribution in [3.8, 4) is 0 Å². The first-order chi connectivity index (χ1) is 7.79. The van der Waals surface area contributed by atoms with Crippen LogP contribution in [-0.2, 0) is 6.42 Å². The summed E-state index contributed by atoms with van der Waals surface area (Å²) < 4.78 is 0. The summed E-state index contributed by atoms with van der Waals surface area (Å²) in [7, 11) is 0. The Hall–Kier alpha value is -0.410. The minimum absolute atomic E-state index is 0.738. The molecule has 0 bridgehead atoms. The summed E-state index contributed by atoms with van der Waals surface area (Å²) in [6.07, 6.45) is 6.52. The van der Waals surface area contributed by atoms with Crippen molar-refractivity contribution in [1.82, 2.24) is 10.3 Å². The van der Waals surface area contributed by atoms with E-state index in [-0.39, 0.29) is 0 Å². The number of hydrogen-bond acceptors (Lipinski definition) is 3. The molecule has 0 amide bonds. The van der Waals surface area contributed by atoms with Gasteiger partial charge in [-0.25, -0.2) is 4.98 Å². The van der Waals surface area contributed by atoms with Crippen molar-refractivity contribution in [2.24, 2.45) is 5.92 Å². The Morgan fingerprint density at radius 1 is 1.50 bits per heavy atom. The van der Waals surface area contributed by atoms with Crippen LogP contribution in [0.3, 0.4) is 0 Å². The summed E-state index contributed by atoms with van der Waals surface area (Å²) >= 11 is 1.78. The van der Waals surface area contributed by atoms with Gasteiger partial charge in [0, 0.05) is 11.4 Å². The van der Waals surface area contributed by atoms with E-state index in [1.807, 2.05) is 0 Å². The van der Waals surface area contributed by atoms with E-state index >= 15 is 0 Å². The third-order valence-electron chi connectivity index (χ3n) is 3.45. The lowest BCUT2D eigenvalue weighted by atomic mass is 9.98. The predicted octanol–water partition coefficient (Wildman–Crippen LogP) is 3.16. The molecule has 0 spiro atoms. The molecule has 1 saturated carbocycles. The minimum Gasteiger partial charge on any atom is -0.314 e. The molecule has 0 aromatic carbocycles. The average Bonchev–Trinajstić information content (AvgIpc) is 2.86. The molecule has 16 heavy (non-hydrogen) atoms. The van der Waals surface area contributed by atoms with Crippen LogP contribution in [0.2, 0.25) is 0 Å². The zero-order valence-electron chi connectivity index (χ0n) is 10.3. The molecule has 1 heterocycles. The van der Waals surface area contributed by atoms with Crippen LogP contribution >= 0.6 is 11.3 Å². The van der Waals surface area contributed by atoms with Crippen molar-refractivity contribution in [2.45, 2.75) is 52.0 Å². The Morgan fingerprint density at radius 2 is 2.38 bits per heavy atom. The third-order valence-corrected chi connectivity index (χ3v) is 4.28. The van der Waals surface area contributed by atoms with E-state index in [4.69, 9.17) is 0 Å². The number of nitrogens with one attached hydrogen (secondary N) is 1. The number of aryl methyl sites for hydroxylation is 1. The molecule has 2 atom stereocenters. The van der Waals surface area contributed by atoms with Crippen molar-refractivity contribution in [2.75, 3.05) is 6.54 Å². The standard InChI is InChI=1S/C13H22N2S/c1-3-7-14-13-6-4-5-11(13)8-12-9-16-10(2)15-12/h9,11,13-14H,3-8H2,1-2H3. The second-order valence-corrected chi connectivity index (χ2v) is 5.88. The predicted molar refractivity (Wildman–Crippen MR) is 70.0 cm³/mol. The van der Waals surface area contributed by atoms with Crippen molar-refractivity contribution >= 4 is 11.3 Å². The molecule has 1 aliphatic rings. The summed E-state index contributed by atoms with van der Waals surface area (Å²) in [4.78, 5) is 4.58. The van der Waals surface area contributed by atoms with E-state index in [1.54, 1.807) is 11.3 Å². The molecule has 1 aromatic heterocycles. The van der Waals surface area contributed by atoms with Crippen LogP contribution in [-0.4, -0.2) is 17.6 Å². The molecule has 2 rings (SSSR count). The fourth-order valence-electron chi connectivity index (χ4n) is 2.65. The second-order valence-electron chi connectivity index (χ2n) is 4.81. The lowest BCUT2D eigenvalue weighted by molar-refractivity contribution is 0.396. The zero-order chi connectivity index (χ0) is 11.4. The minimum atomic E-state index is 0.738. The van der Waals surface area contributed by atoms with Crippen LogP contribution in [0.1, 0.15) is 43.3 Å². The van der Waals surface area contributed by atoms with Gasteiger partial charge in [-0.15, -0.1) is 11.3 Å². The highest BCUT2D eigenvalue weighted by Crippen LogP contribution is 2.29. The van der Waals surface area contributed by atoms with Crippen LogP contribution in [0.25, 0.3) is 0 Å². The average molecular weight is 238 g/mol. The molecule has 1 fully saturated rings. The van der Waals surface area contributed by atoms with Crippen LogP contribution in [0.5, 0.6) is 0 Å². The smallest absolute Gasteiger partial charge is 0.0897 e. The maximum atomic E-state index is 4.58. The Labute approximate surface area is 102 Å². The summed E-state index contributed by atoms with van der Waals surface area (Å²) in [5, 5.41) is 7.11. The second kappa shape index (κ2) is 5.78. The largest absolute Gasteiger partial charge is 0.314 e. The molecule has 1 N–H and O–H groups in total. The van der Waals surface area contributed by atoms with Gasteiger partial charge in [0.15, 0.2) is 0 Å². The third kappa shape index (κ3) is 3.05. The van der Waals surface area contributed by atoms with Gasteiger partial charge >= 0.3 is 0 Å². The number of nitrogens with zero attached hydrogens (tertiary/aromatic N) is 1. The van der Waals surface area contributed by atoms with Crippen molar-refractivity contribution in [3.05, 3.63) is 16.1 Å². The summed E-state index contributed by atoms with van der Waals surface area (Å²) in [6.45, 7) is 5.49. The van der Waals surface area contributed by atoms with E-state index in [0.29, 0.717) is 0 Å². The van der Waals surface area contributed by atoms with E-state index in [1.165, 1.54) is 42.8 Å². The Kier molecular flexibility index (Phi) is 4.36. The Morgan fingerprint density at radius 3 is 3.06 bits per heavy atom. The van der Waals surface area contributed by atoms with Crippen LogP contribution in [0.15, 0.2) is 5.38 Å². The highest BCUT2D eigenvalue weighted by Gasteiger charge is 2.27. The monoisotopic (exact) mass is 238 g/mol. The fraction of sp³-hybridized carbons (Fsp3) is 0.769. The number of rotatable bonds is 5. The van der Waals surface area contributed by atoms with Gasteiger partial charge < -0.3 is 5.32 Å². The van der Waals surface area contributed by atoms with Gasteiger partial charge in [-0.2, -0.15) is 0 Å². The normalized spacial score (nSPS) is 25.1. The molecule has 1 aromatic rings. The van der Waals surface area contributed by atoms with Gasteiger partial charge in [0.05, 0.1) is 10.7 Å². The van der Waals surface area contributed by atoms with Crippen molar-refractivity contribution in [3.63, 3.8) is 0 Å². The van der Waals surface area contributed by atoms with E-state index < -0.39 is 0 Å². The summed E-state index contributed by atoms with van der Waals surface area (Å²) in [5.74, 6) is 0.813. The Bertz CT molecular complexity index is 321. The van der Waals surface area contributed by atoms with Crippen molar-refractivity contribution in [1.29, 1.82) is 0 Å². The van der Waals surface area contributed by atoms with Gasteiger partial charge in [-0.05, 0) is 45.1 Å². The number of aromatic nitrogens is 1. The zero-order valence-corrected chi connectivity index (χ0v) is 11.1. The molecule has 2 nitrogen and oxygen atoms in total. The molecule has 1 aliphatic carbocycles. The lowest BCUT2D eigenvalue weighted by Gasteiger charge is -2.19. The molecular weight excluding hydrogens is 216 g/mol.